The van der Waals surface area contributed by atoms with Crippen molar-refractivity contribution in [2.45, 2.75) is 43.9 Å². The Morgan fingerprint density at radius 3 is 2.41 bits per heavy atom. The third kappa shape index (κ3) is 2.84. The van der Waals surface area contributed by atoms with Crippen LogP contribution in [0, 0.1) is 5.92 Å². The molecule has 4 N–H and O–H groups in total. The van der Waals surface area contributed by atoms with Gasteiger partial charge in [0.05, 0.1) is 11.7 Å². The van der Waals surface area contributed by atoms with Crippen LogP contribution in [0.4, 0.5) is 0 Å². The molecule has 0 aliphatic heterocycles. The van der Waals surface area contributed by atoms with E-state index in [-0.39, 0.29) is 18.8 Å². The number of nitrogens with one attached hydrogen (secondary N) is 1. The third-order valence-corrected chi connectivity index (χ3v) is 4.60. The van der Waals surface area contributed by atoms with Crippen molar-refractivity contribution in [3.63, 3.8) is 0 Å². The summed E-state index contributed by atoms with van der Waals surface area (Å²) in [6.45, 7) is 3.27. The van der Waals surface area contributed by atoms with E-state index in [4.69, 9.17) is 0 Å². The number of carbonyl (C=O) groups is 2. The van der Waals surface area contributed by atoms with Crippen LogP contribution in [0.5, 0.6) is 0 Å². The fraction of sp³-hybridized carbons (Fsp3) is 0.500. The number of benzene rings is 1. The van der Waals surface area contributed by atoms with E-state index >= 15 is 0 Å². The minimum Gasteiger partial charge on any atom is -0.479 e. The van der Waals surface area contributed by atoms with E-state index in [1.807, 2.05) is 0 Å². The number of amides is 1. The summed E-state index contributed by atoms with van der Waals surface area (Å²) < 4.78 is 0. The zero-order valence-electron chi connectivity index (χ0n) is 12.6. The van der Waals surface area contributed by atoms with Crippen LogP contribution in [0.2, 0.25) is 0 Å². The molecule has 0 radical (unpaired) electrons. The first-order chi connectivity index (χ1) is 10.2. The number of hydrogen-bond acceptors (Lipinski definition) is 4. The maximum Gasteiger partial charge on any atom is 0.332 e. The van der Waals surface area contributed by atoms with Gasteiger partial charge in [0, 0.05) is 12.0 Å². The molecule has 1 amide bonds. The highest BCUT2D eigenvalue weighted by Crippen LogP contribution is 2.39. The highest BCUT2D eigenvalue weighted by molar-refractivity contribution is 5.98. The summed E-state index contributed by atoms with van der Waals surface area (Å²) in [5.74, 6) is -2.22. The molecule has 0 bridgehead atoms. The minimum absolute atomic E-state index is 0.0916. The summed E-state index contributed by atoms with van der Waals surface area (Å²) in [6.07, 6.45) is -1.43. The zero-order chi connectivity index (χ0) is 16.5. The summed E-state index contributed by atoms with van der Waals surface area (Å²) in [5, 5.41) is 32.7. The number of carbonyl (C=O) groups excluding carboxylic acids is 1. The number of aliphatic hydroxyl groups excluding tert-OH is 1. The predicted molar refractivity (Wildman–Crippen MR) is 79.3 cm³/mol. The Morgan fingerprint density at radius 2 is 1.86 bits per heavy atom. The SMILES string of the molecule is C[C@@H]1C[C@@H](O)[C@](NC(=O)c2ccccc2)(C(=O)O)C[C@]1(C)O. The molecule has 1 aromatic carbocycles. The monoisotopic (exact) mass is 307 g/mol. The molecule has 1 saturated carbocycles. The Bertz CT molecular complexity index is 571. The fourth-order valence-corrected chi connectivity index (χ4v) is 2.91. The number of aliphatic carboxylic acids is 1. The van der Waals surface area contributed by atoms with Gasteiger partial charge in [-0.1, -0.05) is 25.1 Å². The Balaban J connectivity index is 2.33. The normalized spacial score (nSPS) is 34.9. The van der Waals surface area contributed by atoms with Crippen LogP contribution in [0.15, 0.2) is 30.3 Å². The number of carboxylic acid groups (broad SMARTS) is 1. The maximum absolute atomic E-state index is 12.3. The minimum atomic E-state index is -1.90. The van der Waals surface area contributed by atoms with Gasteiger partial charge in [0.2, 0.25) is 0 Å². The molecule has 0 saturated heterocycles. The van der Waals surface area contributed by atoms with Gasteiger partial charge in [-0.05, 0) is 31.4 Å². The number of hydrogen-bond donors (Lipinski definition) is 4. The smallest absolute Gasteiger partial charge is 0.332 e. The highest BCUT2D eigenvalue weighted by Gasteiger charge is 2.56. The standard InChI is InChI=1S/C16H21NO5/c1-10-8-12(18)16(14(20)21,9-15(10,2)22)17-13(19)11-6-4-3-5-7-11/h3-7,10,12,18,22H,8-9H2,1-2H3,(H,17,19)(H,20,21)/t10-,12-,15+,16+/m1/s1. The Kier molecular flexibility index (Phi) is 4.26. The maximum atomic E-state index is 12.3. The molecule has 2 rings (SSSR count). The van der Waals surface area contributed by atoms with Crippen molar-refractivity contribution in [1.82, 2.24) is 5.32 Å². The number of rotatable bonds is 3. The van der Waals surface area contributed by atoms with Gasteiger partial charge in [0.15, 0.2) is 5.54 Å². The largest absolute Gasteiger partial charge is 0.479 e. The van der Waals surface area contributed by atoms with E-state index in [0.29, 0.717) is 5.56 Å². The van der Waals surface area contributed by atoms with Gasteiger partial charge in [-0.25, -0.2) is 4.79 Å². The highest BCUT2D eigenvalue weighted by atomic mass is 16.4. The van der Waals surface area contributed by atoms with E-state index in [1.165, 1.54) is 6.92 Å². The van der Waals surface area contributed by atoms with Gasteiger partial charge in [0.1, 0.15) is 0 Å². The van der Waals surface area contributed by atoms with Crippen LogP contribution in [-0.4, -0.2) is 44.4 Å². The average molecular weight is 307 g/mol. The van der Waals surface area contributed by atoms with Crippen molar-refractivity contribution in [2.24, 2.45) is 5.92 Å². The molecule has 0 aromatic heterocycles. The first-order valence-corrected chi connectivity index (χ1v) is 7.20. The molecule has 1 fully saturated rings. The van der Waals surface area contributed by atoms with Crippen molar-refractivity contribution in [2.75, 3.05) is 0 Å². The van der Waals surface area contributed by atoms with Crippen molar-refractivity contribution in [3.05, 3.63) is 35.9 Å². The first-order valence-electron chi connectivity index (χ1n) is 7.20. The van der Waals surface area contributed by atoms with E-state index in [0.717, 1.165) is 0 Å². The molecule has 6 nitrogen and oxygen atoms in total. The van der Waals surface area contributed by atoms with E-state index in [2.05, 4.69) is 5.32 Å². The quantitative estimate of drug-likeness (QED) is 0.660. The fourth-order valence-electron chi connectivity index (χ4n) is 2.91. The van der Waals surface area contributed by atoms with Crippen LogP contribution in [0.25, 0.3) is 0 Å². The molecule has 0 spiro atoms. The second-order valence-corrected chi connectivity index (χ2v) is 6.28. The lowest BCUT2D eigenvalue weighted by molar-refractivity contribution is -0.165. The van der Waals surface area contributed by atoms with Crippen LogP contribution in [0.3, 0.4) is 0 Å². The predicted octanol–water partition coefficient (Wildman–Crippen LogP) is 0.782. The molecule has 1 aliphatic rings. The summed E-state index contributed by atoms with van der Waals surface area (Å²) in [4.78, 5) is 24.1. The van der Waals surface area contributed by atoms with Crippen LogP contribution in [-0.2, 0) is 4.79 Å². The van der Waals surface area contributed by atoms with Gasteiger partial charge in [0.25, 0.3) is 5.91 Å². The van der Waals surface area contributed by atoms with Gasteiger partial charge < -0.3 is 20.6 Å². The molecule has 1 aromatic rings. The third-order valence-electron chi connectivity index (χ3n) is 4.60. The van der Waals surface area contributed by atoms with Crippen molar-refractivity contribution < 1.29 is 24.9 Å². The zero-order valence-corrected chi connectivity index (χ0v) is 12.6. The molecular weight excluding hydrogens is 286 g/mol. The van der Waals surface area contributed by atoms with Gasteiger partial charge in [-0.2, -0.15) is 0 Å². The molecule has 0 unspecified atom stereocenters. The van der Waals surface area contributed by atoms with Crippen LogP contribution < -0.4 is 5.32 Å². The number of aliphatic hydroxyl groups is 2. The van der Waals surface area contributed by atoms with Crippen molar-refractivity contribution in [1.29, 1.82) is 0 Å². The number of carboxylic acids is 1. The molecule has 4 atom stereocenters. The lowest BCUT2D eigenvalue weighted by Gasteiger charge is -2.47. The summed E-state index contributed by atoms with van der Waals surface area (Å²) in [7, 11) is 0. The lowest BCUT2D eigenvalue weighted by atomic mass is 9.66. The van der Waals surface area contributed by atoms with Gasteiger partial charge in [-0.3, -0.25) is 4.79 Å². The molecular formula is C16H21NO5. The molecule has 120 valence electrons. The van der Waals surface area contributed by atoms with Crippen LogP contribution in [0.1, 0.15) is 37.0 Å². The molecule has 22 heavy (non-hydrogen) atoms. The van der Waals surface area contributed by atoms with Gasteiger partial charge in [-0.15, -0.1) is 0 Å². The summed E-state index contributed by atoms with van der Waals surface area (Å²) in [5.41, 5.74) is -2.89. The van der Waals surface area contributed by atoms with E-state index in [9.17, 15) is 24.9 Å². The summed E-state index contributed by atoms with van der Waals surface area (Å²) in [6, 6.07) is 8.18. The molecule has 0 heterocycles. The second kappa shape index (κ2) is 5.70. The van der Waals surface area contributed by atoms with Crippen molar-refractivity contribution in [3.8, 4) is 0 Å². The van der Waals surface area contributed by atoms with Crippen LogP contribution >= 0.6 is 0 Å². The lowest BCUT2D eigenvalue weighted by Crippen LogP contribution is -2.68. The average Bonchev–Trinajstić information content (AvgIpc) is 2.45. The topological polar surface area (TPSA) is 107 Å². The Labute approximate surface area is 128 Å². The molecule has 6 heteroatoms. The van der Waals surface area contributed by atoms with E-state index in [1.54, 1.807) is 37.3 Å². The van der Waals surface area contributed by atoms with E-state index < -0.39 is 29.1 Å². The Morgan fingerprint density at radius 1 is 1.27 bits per heavy atom. The molecule has 1 aliphatic carbocycles. The van der Waals surface area contributed by atoms with Gasteiger partial charge >= 0.3 is 5.97 Å². The second-order valence-electron chi connectivity index (χ2n) is 6.28. The van der Waals surface area contributed by atoms with Crippen molar-refractivity contribution >= 4 is 11.9 Å². The first kappa shape index (κ1) is 16.5. The summed E-state index contributed by atoms with van der Waals surface area (Å²) >= 11 is 0. The Hall–Kier alpha value is -1.92.